The first-order valence-electron chi connectivity index (χ1n) is 9.68. The summed E-state index contributed by atoms with van der Waals surface area (Å²) in [5, 5.41) is 4.82. The number of benzene rings is 1. The normalized spacial score (nSPS) is 13.9. The Morgan fingerprint density at radius 2 is 1.76 bits per heavy atom. The number of hydrogen-bond acceptors (Lipinski definition) is 6. The summed E-state index contributed by atoms with van der Waals surface area (Å²) in [7, 11) is 3.34. The molecule has 1 aromatic carbocycles. The van der Waals surface area contributed by atoms with Gasteiger partial charge >= 0.3 is 0 Å². The third kappa shape index (κ3) is 3.77. The van der Waals surface area contributed by atoms with E-state index in [2.05, 4.69) is 33.5 Å². The van der Waals surface area contributed by atoms with Crippen LogP contribution in [0.15, 0.2) is 36.7 Å². The third-order valence-corrected chi connectivity index (χ3v) is 5.74. The molecule has 0 N–H and O–H groups in total. The van der Waals surface area contributed by atoms with Gasteiger partial charge in [-0.05, 0) is 61.0 Å². The minimum absolute atomic E-state index is 0.650. The van der Waals surface area contributed by atoms with Crippen LogP contribution in [0.3, 0.4) is 0 Å². The highest BCUT2D eigenvalue weighted by Gasteiger charge is 2.21. The molecule has 3 heterocycles. The molecule has 0 amide bonds. The molecule has 3 aromatic rings. The van der Waals surface area contributed by atoms with Crippen molar-refractivity contribution in [3.63, 3.8) is 0 Å². The molecule has 0 radical (unpaired) electrons. The van der Waals surface area contributed by atoms with Crippen LogP contribution in [-0.4, -0.2) is 45.0 Å². The summed E-state index contributed by atoms with van der Waals surface area (Å²) in [5.41, 5.74) is 3.58. The van der Waals surface area contributed by atoms with Crippen molar-refractivity contribution in [1.82, 2.24) is 24.2 Å². The average Bonchev–Trinajstić information content (AvgIpc) is 3.08. The number of fused-ring (bicyclic) bond motifs is 1. The topological polar surface area (TPSA) is 57.3 Å². The molecule has 8 heteroatoms. The molecule has 0 aliphatic carbocycles. The van der Waals surface area contributed by atoms with Gasteiger partial charge in [-0.25, -0.2) is 4.68 Å². The minimum Gasteiger partial charge on any atom is -0.493 e. The van der Waals surface area contributed by atoms with Crippen molar-refractivity contribution in [3.05, 3.63) is 52.6 Å². The van der Waals surface area contributed by atoms with Crippen LogP contribution >= 0.6 is 12.2 Å². The van der Waals surface area contributed by atoms with Crippen molar-refractivity contribution in [1.29, 1.82) is 0 Å². The van der Waals surface area contributed by atoms with E-state index in [1.807, 2.05) is 16.8 Å². The van der Waals surface area contributed by atoms with Crippen LogP contribution in [0.5, 0.6) is 11.5 Å². The monoisotopic (exact) mass is 411 g/mol. The molecule has 4 rings (SSSR count). The van der Waals surface area contributed by atoms with Gasteiger partial charge in [-0.3, -0.25) is 9.88 Å². The number of nitrogens with zero attached hydrogens (tertiary/aromatic N) is 5. The Balaban J connectivity index is 1.60. The zero-order valence-corrected chi connectivity index (χ0v) is 17.8. The molecule has 2 aromatic heterocycles. The predicted molar refractivity (Wildman–Crippen MR) is 114 cm³/mol. The molecule has 0 saturated heterocycles. The maximum absolute atomic E-state index is 5.72. The molecule has 1 aliphatic rings. The average molecular weight is 412 g/mol. The summed E-state index contributed by atoms with van der Waals surface area (Å²) in [6.45, 7) is 5.27. The minimum atomic E-state index is 0.650. The second kappa shape index (κ2) is 8.34. The van der Waals surface area contributed by atoms with Crippen molar-refractivity contribution in [3.8, 4) is 22.9 Å². The first-order valence-corrected chi connectivity index (χ1v) is 10.1. The summed E-state index contributed by atoms with van der Waals surface area (Å²) >= 11 is 5.72. The van der Waals surface area contributed by atoms with E-state index in [0.29, 0.717) is 6.67 Å². The second-order valence-corrected chi connectivity index (χ2v) is 7.37. The van der Waals surface area contributed by atoms with E-state index in [1.54, 1.807) is 26.6 Å². The molecule has 0 bridgehead atoms. The fourth-order valence-electron chi connectivity index (χ4n) is 3.78. The van der Waals surface area contributed by atoms with Gasteiger partial charge in [0.15, 0.2) is 22.1 Å². The first kappa shape index (κ1) is 19.6. The van der Waals surface area contributed by atoms with Crippen LogP contribution in [0.25, 0.3) is 11.4 Å². The summed E-state index contributed by atoms with van der Waals surface area (Å²) in [6.07, 6.45) is 4.51. The fourth-order valence-corrected chi connectivity index (χ4v) is 4.10. The van der Waals surface area contributed by atoms with Gasteiger partial charge in [-0.2, -0.15) is 5.10 Å². The van der Waals surface area contributed by atoms with Gasteiger partial charge in [0.2, 0.25) is 0 Å². The lowest BCUT2D eigenvalue weighted by Gasteiger charge is -2.29. The quantitative estimate of drug-likeness (QED) is 0.579. The maximum Gasteiger partial charge on any atom is 0.199 e. The lowest BCUT2D eigenvalue weighted by Crippen LogP contribution is -2.32. The molecule has 0 spiro atoms. The summed E-state index contributed by atoms with van der Waals surface area (Å²) < 4.78 is 15.6. The molecule has 7 nitrogen and oxygen atoms in total. The highest BCUT2D eigenvalue weighted by atomic mass is 32.1. The van der Waals surface area contributed by atoms with Gasteiger partial charge in [-0.15, -0.1) is 0 Å². The zero-order chi connectivity index (χ0) is 20.4. The van der Waals surface area contributed by atoms with E-state index in [9.17, 15) is 0 Å². The lowest BCUT2D eigenvalue weighted by atomic mass is 9.99. The molecule has 0 fully saturated rings. The number of methoxy groups -OCH3 is 2. The number of aromatic nitrogens is 4. The van der Waals surface area contributed by atoms with E-state index in [-0.39, 0.29) is 0 Å². The Hall–Kier alpha value is -2.71. The Morgan fingerprint density at radius 3 is 2.41 bits per heavy atom. The Bertz CT molecular complexity index is 1060. The van der Waals surface area contributed by atoms with Gasteiger partial charge in [0, 0.05) is 37.6 Å². The van der Waals surface area contributed by atoms with E-state index >= 15 is 0 Å². The summed E-state index contributed by atoms with van der Waals surface area (Å²) in [4.78, 5) is 6.45. The van der Waals surface area contributed by atoms with Gasteiger partial charge in [0.05, 0.1) is 20.9 Å². The highest BCUT2D eigenvalue weighted by molar-refractivity contribution is 7.71. The molecule has 1 aliphatic heterocycles. The smallest absolute Gasteiger partial charge is 0.199 e. The first-order chi connectivity index (χ1) is 14.1. The standard InChI is InChI=1S/C21H25N5O2S/c1-4-25-20(15-5-8-22-9-6-15)23-26(21(25)29)14-24-10-7-16-11-18(27-2)19(28-3)12-17(16)13-24/h5-6,8-9,11-12H,4,7,10,13-14H2,1-3H3. The number of pyridine rings is 1. The zero-order valence-electron chi connectivity index (χ0n) is 17.0. The number of rotatable bonds is 6. The van der Waals surface area contributed by atoms with Crippen LogP contribution in [0.2, 0.25) is 0 Å². The highest BCUT2D eigenvalue weighted by Crippen LogP contribution is 2.33. The van der Waals surface area contributed by atoms with E-state index in [4.69, 9.17) is 26.8 Å². The Kier molecular flexibility index (Phi) is 5.64. The van der Waals surface area contributed by atoms with Crippen LogP contribution in [0, 0.1) is 4.77 Å². The predicted octanol–water partition coefficient (Wildman–Crippen LogP) is 3.53. The van der Waals surface area contributed by atoms with Crippen LogP contribution in [-0.2, 0) is 26.2 Å². The van der Waals surface area contributed by atoms with Gasteiger partial charge < -0.3 is 14.0 Å². The maximum atomic E-state index is 5.72. The third-order valence-electron chi connectivity index (χ3n) is 5.31. The van der Waals surface area contributed by atoms with E-state index in [0.717, 1.165) is 53.7 Å². The van der Waals surface area contributed by atoms with E-state index < -0.39 is 0 Å². The van der Waals surface area contributed by atoms with E-state index in [1.165, 1.54) is 11.1 Å². The van der Waals surface area contributed by atoms with Crippen molar-refractivity contribution >= 4 is 12.2 Å². The SMILES string of the molecule is CCn1c(-c2ccncc2)nn(CN2CCc3cc(OC)c(OC)cc3C2)c1=S. The van der Waals surface area contributed by atoms with Crippen LogP contribution in [0.4, 0.5) is 0 Å². The molecule has 0 saturated carbocycles. The summed E-state index contributed by atoms with van der Waals surface area (Å²) in [6, 6.07) is 8.09. The fraction of sp³-hybridized carbons (Fsp3) is 0.381. The number of hydrogen-bond donors (Lipinski definition) is 0. The van der Waals surface area contributed by atoms with Crippen LogP contribution in [0.1, 0.15) is 18.1 Å². The van der Waals surface area contributed by atoms with Gasteiger partial charge in [0.1, 0.15) is 0 Å². The van der Waals surface area contributed by atoms with Crippen molar-refractivity contribution < 1.29 is 9.47 Å². The van der Waals surface area contributed by atoms with Crippen molar-refractivity contribution in [2.75, 3.05) is 20.8 Å². The molecular formula is C21H25N5O2S. The largest absolute Gasteiger partial charge is 0.493 e. The lowest BCUT2D eigenvalue weighted by molar-refractivity contribution is 0.187. The number of ether oxygens (including phenoxy) is 2. The van der Waals surface area contributed by atoms with Gasteiger partial charge in [0.25, 0.3) is 0 Å². The molecule has 0 unspecified atom stereocenters. The second-order valence-electron chi connectivity index (χ2n) is 7.01. The van der Waals surface area contributed by atoms with Gasteiger partial charge in [-0.1, -0.05) is 0 Å². The molecule has 0 atom stereocenters. The Morgan fingerprint density at radius 1 is 1.07 bits per heavy atom. The molecule has 29 heavy (non-hydrogen) atoms. The van der Waals surface area contributed by atoms with Crippen molar-refractivity contribution in [2.24, 2.45) is 0 Å². The molecule has 152 valence electrons. The molecular weight excluding hydrogens is 386 g/mol. The Labute approximate surface area is 175 Å². The van der Waals surface area contributed by atoms with Crippen molar-refractivity contribution in [2.45, 2.75) is 33.1 Å². The van der Waals surface area contributed by atoms with Crippen LogP contribution < -0.4 is 9.47 Å². The summed E-state index contributed by atoms with van der Waals surface area (Å²) in [5.74, 6) is 2.43.